The Hall–Kier alpha value is -0.460. The van der Waals surface area contributed by atoms with Gasteiger partial charge in [-0.1, -0.05) is 34.1 Å². The van der Waals surface area contributed by atoms with Gasteiger partial charge in [-0.3, -0.25) is 0 Å². The third-order valence-electron chi connectivity index (χ3n) is 2.20. The normalized spacial score (nSPS) is 13.6. The molecule has 0 amide bonds. The van der Waals surface area contributed by atoms with Gasteiger partial charge in [0.1, 0.15) is 0 Å². The number of allylic oxidation sites excluding steroid dienone is 2. The van der Waals surface area contributed by atoms with E-state index in [2.05, 4.69) is 27.7 Å². The highest BCUT2D eigenvalue weighted by Crippen LogP contribution is 2.27. The van der Waals surface area contributed by atoms with Crippen molar-refractivity contribution in [1.29, 1.82) is 0 Å². The number of hydrogen-bond donors (Lipinski definition) is 1. The molecule has 0 aliphatic carbocycles. The van der Waals surface area contributed by atoms with E-state index in [9.17, 15) is 5.11 Å². The number of rotatable bonds is 4. The number of hydrogen-bond acceptors (Lipinski definition) is 1. The van der Waals surface area contributed by atoms with E-state index in [0.29, 0.717) is 5.76 Å². The van der Waals surface area contributed by atoms with Gasteiger partial charge in [-0.25, -0.2) is 0 Å². The van der Waals surface area contributed by atoms with Crippen molar-refractivity contribution in [3.05, 3.63) is 11.8 Å². The van der Waals surface area contributed by atoms with Gasteiger partial charge >= 0.3 is 0 Å². The van der Waals surface area contributed by atoms with Crippen LogP contribution in [-0.4, -0.2) is 5.11 Å². The molecular weight excluding hydrogens is 136 g/mol. The van der Waals surface area contributed by atoms with Crippen LogP contribution in [0, 0.1) is 5.41 Å². The molecule has 0 bridgehead atoms. The molecule has 0 saturated heterocycles. The van der Waals surface area contributed by atoms with Crippen LogP contribution in [0.3, 0.4) is 0 Å². The maximum atomic E-state index is 9.57. The van der Waals surface area contributed by atoms with Crippen LogP contribution in [0.15, 0.2) is 11.8 Å². The number of unbranched alkanes of at least 4 members (excludes halogenated alkanes) is 1. The third-order valence-corrected chi connectivity index (χ3v) is 2.20. The van der Waals surface area contributed by atoms with E-state index in [0.717, 1.165) is 19.3 Å². The largest absolute Gasteiger partial charge is 0.512 e. The van der Waals surface area contributed by atoms with Crippen molar-refractivity contribution in [2.45, 2.75) is 47.0 Å². The second kappa shape index (κ2) is 4.42. The SMILES string of the molecule is CCC/C=C(\O)C(C)(C)CC. The fourth-order valence-corrected chi connectivity index (χ4v) is 0.738. The minimum atomic E-state index is -0.0326. The molecule has 1 nitrogen and oxygen atoms in total. The van der Waals surface area contributed by atoms with Gasteiger partial charge in [0.2, 0.25) is 0 Å². The fraction of sp³-hybridized carbons (Fsp3) is 0.800. The predicted molar refractivity (Wildman–Crippen MR) is 49.7 cm³/mol. The highest BCUT2D eigenvalue weighted by Gasteiger charge is 2.19. The third kappa shape index (κ3) is 3.45. The standard InChI is InChI=1S/C10H20O/c1-5-7-8-9(11)10(3,4)6-2/h8,11H,5-7H2,1-4H3/b9-8-. The van der Waals surface area contributed by atoms with Crippen LogP contribution in [0.5, 0.6) is 0 Å². The number of aliphatic hydroxyl groups excluding tert-OH is 1. The Bertz CT molecular complexity index is 134. The summed E-state index contributed by atoms with van der Waals surface area (Å²) >= 11 is 0. The smallest absolute Gasteiger partial charge is 0.0938 e. The van der Waals surface area contributed by atoms with Crippen LogP contribution >= 0.6 is 0 Å². The Morgan fingerprint density at radius 2 is 1.91 bits per heavy atom. The average molecular weight is 156 g/mol. The van der Waals surface area contributed by atoms with Gasteiger partial charge in [0.15, 0.2) is 0 Å². The zero-order valence-electron chi connectivity index (χ0n) is 8.15. The Morgan fingerprint density at radius 3 is 2.27 bits per heavy atom. The lowest BCUT2D eigenvalue weighted by atomic mass is 9.87. The molecule has 0 aliphatic heterocycles. The van der Waals surface area contributed by atoms with Crippen molar-refractivity contribution in [3.8, 4) is 0 Å². The van der Waals surface area contributed by atoms with Crippen LogP contribution < -0.4 is 0 Å². The summed E-state index contributed by atoms with van der Waals surface area (Å²) in [5, 5.41) is 9.57. The number of aliphatic hydroxyl groups is 1. The molecule has 0 fully saturated rings. The van der Waals surface area contributed by atoms with Gasteiger partial charge in [-0.05, 0) is 18.9 Å². The van der Waals surface area contributed by atoms with Crippen LogP contribution in [0.1, 0.15) is 47.0 Å². The highest BCUT2D eigenvalue weighted by molar-refractivity contribution is 5.02. The molecule has 0 aromatic heterocycles. The van der Waals surface area contributed by atoms with Crippen LogP contribution in [-0.2, 0) is 0 Å². The van der Waals surface area contributed by atoms with E-state index in [-0.39, 0.29) is 5.41 Å². The molecule has 0 rings (SSSR count). The van der Waals surface area contributed by atoms with Crippen molar-refractivity contribution >= 4 is 0 Å². The molecule has 0 radical (unpaired) electrons. The van der Waals surface area contributed by atoms with Crippen molar-refractivity contribution in [2.24, 2.45) is 5.41 Å². The average Bonchev–Trinajstić information content (AvgIpc) is 2.00. The van der Waals surface area contributed by atoms with E-state index in [1.54, 1.807) is 0 Å². The van der Waals surface area contributed by atoms with Gasteiger partial charge in [0, 0.05) is 5.41 Å². The zero-order valence-corrected chi connectivity index (χ0v) is 8.15. The predicted octanol–water partition coefficient (Wildman–Crippen LogP) is 3.66. The van der Waals surface area contributed by atoms with E-state index in [4.69, 9.17) is 0 Å². The maximum absolute atomic E-state index is 9.57. The van der Waals surface area contributed by atoms with E-state index in [1.807, 2.05) is 6.08 Å². The lowest BCUT2D eigenvalue weighted by Gasteiger charge is -2.21. The molecule has 0 saturated carbocycles. The van der Waals surface area contributed by atoms with Gasteiger partial charge in [0.05, 0.1) is 5.76 Å². The first-order chi connectivity index (χ1) is 5.04. The van der Waals surface area contributed by atoms with Crippen LogP contribution in [0.25, 0.3) is 0 Å². The molecule has 0 spiro atoms. The Morgan fingerprint density at radius 1 is 1.36 bits per heavy atom. The maximum Gasteiger partial charge on any atom is 0.0938 e. The lowest BCUT2D eigenvalue weighted by molar-refractivity contribution is 0.249. The van der Waals surface area contributed by atoms with E-state index < -0.39 is 0 Å². The summed E-state index contributed by atoms with van der Waals surface area (Å²) in [6.45, 7) is 8.34. The second-order valence-corrected chi connectivity index (χ2v) is 3.62. The Balaban J connectivity index is 4.09. The van der Waals surface area contributed by atoms with Gasteiger partial charge in [-0.15, -0.1) is 0 Å². The molecule has 1 N–H and O–H groups in total. The summed E-state index contributed by atoms with van der Waals surface area (Å²) in [6.07, 6.45) is 5.00. The van der Waals surface area contributed by atoms with Gasteiger partial charge in [-0.2, -0.15) is 0 Å². The van der Waals surface area contributed by atoms with Crippen LogP contribution in [0.4, 0.5) is 0 Å². The summed E-state index contributed by atoms with van der Waals surface area (Å²) < 4.78 is 0. The molecule has 0 atom stereocenters. The first-order valence-corrected chi connectivity index (χ1v) is 4.44. The topological polar surface area (TPSA) is 20.2 Å². The minimum Gasteiger partial charge on any atom is -0.512 e. The first-order valence-electron chi connectivity index (χ1n) is 4.44. The molecule has 0 aliphatic rings. The molecule has 0 unspecified atom stereocenters. The molecule has 0 heterocycles. The minimum absolute atomic E-state index is 0.0326. The quantitative estimate of drug-likeness (QED) is 0.616. The van der Waals surface area contributed by atoms with Crippen molar-refractivity contribution in [2.75, 3.05) is 0 Å². The summed E-state index contributed by atoms with van der Waals surface area (Å²) in [4.78, 5) is 0. The van der Waals surface area contributed by atoms with Crippen molar-refractivity contribution in [3.63, 3.8) is 0 Å². The summed E-state index contributed by atoms with van der Waals surface area (Å²) in [6, 6.07) is 0. The van der Waals surface area contributed by atoms with Crippen molar-refractivity contribution in [1.82, 2.24) is 0 Å². The summed E-state index contributed by atoms with van der Waals surface area (Å²) in [5.74, 6) is 0.543. The fourth-order valence-electron chi connectivity index (χ4n) is 0.738. The Kier molecular flexibility index (Phi) is 4.24. The molecular formula is C10H20O. The van der Waals surface area contributed by atoms with Gasteiger partial charge in [0.25, 0.3) is 0 Å². The lowest BCUT2D eigenvalue weighted by Crippen LogP contribution is -2.12. The monoisotopic (exact) mass is 156 g/mol. The highest BCUT2D eigenvalue weighted by atomic mass is 16.3. The molecule has 66 valence electrons. The first kappa shape index (κ1) is 10.5. The molecule has 11 heavy (non-hydrogen) atoms. The van der Waals surface area contributed by atoms with Crippen LogP contribution in [0.2, 0.25) is 0 Å². The summed E-state index contributed by atoms with van der Waals surface area (Å²) in [7, 11) is 0. The molecule has 0 aromatic rings. The summed E-state index contributed by atoms with van der Waals surface area (Å²) in [5.41, 5.74) is -0.0326. The second-order valence-electron chi connectivity index (χ2n) is 3.62. The zero-order chi connectivity index (χ0) is 8.91. The van der Waals surface area contributed by atoms with E-state index in [1.165, 1.54) is 0 Å². The molecule has 0 aromatic carbocycles. The van der Waals surface area contributed by atoms with E-state index >= 15 is 0 Å². The molecule has 1 heteroatoms. The van der Waals surface area contributed by atoms with Crippen molar-refractivity contribution < 1.29 is 5.11 Å². The van der Waals surface area contributed by atoms with Gasteiger partial charge < -0.3 is 5.11 Å². The Labute approximate surface area is 70.1 Å².